The fraction of sp³-hybridized carbons (Fsp3) is 0.750. The lowest BCUT2D eigenvalue weighted by Crippen LogP contribution is -2.55. The molecule has 15 heteroatoms. The number of carbonyl (C=O) groups is 4. The van der Waals surface area contributed by atoms with Gasteiger partial charge in [0.2, 0.25) is 23.6 Å². The molecule has 1 rings (SSSR count). The molecule has 0 bridgehead atoms. The van der Waals surface area contributed by atoms with Gasteiger partial charge in [-0.25, -0.2) is 0 Å². The Bertz CT molecular complexity index is 902. The van der Waals surface area contributed by atoms with Crippen LogP contribution < -0.4 is 32.3 Å². The van der Waals surface area contributed by atoms with Crippen molar-refractivity contribution >= 4 is 23.6 Å². The number of nitrogens with two attached hydrogens (primary N) is 1. The predicted octanol–water partition coefficient (Wildman–Crippen LogP) is -2.48. The van der Waals surface area contributed by atoms with Gasteiger partial charge in [-0.1, -0.05) is 19.1 Å². The van der Waals surface area contributed by atoms with E-state index in [9.17, 15) is 19.2 Å². The van der Waals surface area contributed by atoms with Crippen molar-refractivity contribution in [2.75, 3.05) is 59.2 Å². The molecular weight excluding hydrogens is 510 g/mol. The first-order valence-corrected chi connectivity index (χ1v) is 13.2. The van der Waals surface area contributed by atoms with Crippen molar-refractivity contribution in [2.24, 2.45) is 11.7 Å². The van der Waals surface area contributed by atoms with Crippen molar-refractivity contribution in [3.05, 3.63) is 12.4 Å². The Kier molecular flexibility index (Phi) is 17.1. The normalized spacial score (nSPS) is 12.9. The third-order valence-corrected chi connectivity index (χ3v) is 5.18. The largest absolute Gasteiger partial charge is 0.377 e. The zero-order valence-corrected chi connectivity index (χ0v) is 23.2. The minimum absolute atomic E-state index is 0.0956. The Morgan fingerprint density at radius 2 is 1.69 bits per heavy atom. The molecule has 1 heterocycles. The van der Waals surface area contributed by atoms with E-state index in [-0.39, 0.29) is 37.6 Å². The summed E-state index contributed by atoms with van der Waals surface area (Å²) in [5.41, 5.74) is 5.40. The minimum atomic E-state index is -1.13. The van der Waals surface area contributed by atoms with Crippen LogP contribution in [0.2, 0.25) is 0 Å². The molecule has 0 aliphatic rings. The summed E-state index contributed by atoms with van der Waals surface area (Å²) >= 11 is 0. The second-order valence-electron chi connectivity index (χ2n) is 9.16. The van der Waals surface area contributed by atoms with Crippen LogP contribution >= 0.6 is 0 Å². The molecule has 0 aliphatic heterocycles. The van der Waals surface area contributed by atoms with E-state index in [1.807, 2.05) is 13.8 Å². The second kappa shape index (κ2) is 20.8. The average molecular weight is 558 g/mol. The molecule has 0 unspecified atom stereocenters. The van der Waals surface area contributed by atoms with E-state index in [4.69, 9.17) is 16.6 Å². The van der Waals surface area contributed by atoms with Crippen LogP contribution in [0.5, 0.6) is 0 Å². The minimum Gasteiger partial charge on any atom is -0.377 e. The lowest BCUT2D eigenvalue weighted by molar-refractivity contribution is -0.133. The zero-order valence-electron chi connectivity index (χ0n) is 24.2. The Morgan fingerprint density at radius 1 is 0.949 bits per heavy atom. The van der Waals surface area contributed by atoms with Crippen molar-refractivity contribution in [1.29, 1.82) is 0 Å². The van der Waals surface area contributed by atoms with Gasteiger partial charge in [0.25, 0.3) is 0 Å². The summed E-state index contributed by atoms with van der Waals surface area (Å²) in [7, 11) is 0. The molecule has 222 valence electrons. The van der Waals surface area contributed by atoms with Crippen LogP contribution in [0.4, 0.5) is 0 Å². The lowest BCUT2D eigenvalue weighted by atomic mass is 10.0. The van der Waals surface area contributed by atoms with Gasteiger partial charge in [-0.05, 0) is 12.3 Å². The molecule has 0 aromatic carbocycles. The van der Waals surface area contributed by atoms with Gasteiger partial charge in [-0.2, -0.15) is 0 Å². The van der Waals surface area contributed by atoms with Crippen molar-refractivity contribution in [3.8, 4) is 0 Å². The van der Waals surface area contributed by atoms with E-state index in [1.54, 1.807) is 0 Å². The highest BCUT2D eigenvalue weighted by Gasteiger charge is 2.28. The zero-order chi connectivity index (χ0) is 29.8. The maximum absolute atomic E-state index is 13.0. The summed E-state index contributed by atoms with van der Waals surface area (Å²) in [6.07, 6.45) is 1.70. The van der Waals surface area contributed by atoms with Gasteiger partial charge in [-0.3, -0.25) is 23.9 Å². The highest BCUT2D eigenvalue weighted by molar-refractivity contribution is 5.94. The highest BCUT2D eigenvalue weighted by Crippen LogP contribution is 2.06. The van der Waals surface area contributed by atoms with Crippen LogP contribution in [-0.4, -0.2) is 110 Å². The molecule has 7 N–H and O–H groups in total. The molecule has 0 radical (unpaired) electrons. The lowest BCUT2D eigenvalue weighted by Gasteiger charge is -2.24. The molecule has 4 amide bonds. The Morgan fingerprint density at radius 3 is 2.33 bits per heavy atom. The van der Waals surface area contributed by atoms with E-state index in [1.165, 1.54) is 17.8 Å². The van der Waals surface area contributed by atoms with E-state index >= 15 is 0 Å². The van der Waals surface area contributed by atoms with Crippen LogP contribution in [0.1, 0.15) is 35.0 Å². The first kappa shape index (κ1) is 32.1. The van der Waals surface area contributed by atoms with E-state index in [2.05, 4.69) is 36.9 Å². The number of aromatic nitrogens is 3. The quantitative estimate of drug-likeness (QED) is 0.0828. The average Bonchev–Trinajstić information content (AvgIpc) is 3.30. The summed E-state index contributed by atoms with van der Waals surface area (Å²) in [4.78, 5) is 49.7. The van der Waals surface area contributed by atoms with Crippen molar-refractivity contribution < 1.29 is 30.0 Å². The van der Waals surface area contributed by atoms with E-state index < -0.39 is 29.8 Å². The Labute approximate surface area is 231 Å². The molecule has 1 aromatic rings. The molecule has 0 aliphatic carbocycles. The van der Waals surface area contributed by atoms with Gasteiger partial charge in [0.05, 0.1) is 46.9 Å². The standard InChI is InChI=1S/C24H45N9O6/c1-18(2)16-20(23(36)28-9-12-38-14-15-39-13-11-33-10-8-29-32-33)31-24(37)21(30-19(3)34)17-22(35)27-7-6-26-5-4-25/h8,10,18,20-21,26H,4-7,9,11-17,25H2,1-3H3,(H,27,35)(H,28,36)(H,30,34)(H,31,37)/t20-,21+/m1/s1/i8T. The monoisotopic (exact) mass is 557 g/mol. The molecule has 2 atom stereocenters. The first-order valence-electron chi connectivity index (χ1n) is 13.7. The van der Waals surface area contributed by atoms with Gasteiger partial charge in [0.1, 0.15) is 12.1 Å². The number of rotatable bonds is 22. The summed E-state index contributed by atoms with van der Waals surface area (Å²) in [6.45, 7) is 9.08. The van der Waals surface area contributed by atoms with Crippen molar-refractivity contribution in [3.63, 3.8) is 0 Å². The summed E-state index contributed by atoms with van der Waals surface area (Å²) in [5, 5.41) is 21.0. The molecule has 0 fully saturated rings. The van der Waals surface area contributed by atoms with Crippen LogP contribution in [0, 0.1) is 5.92 Å². The number of nitrogens with zero attached hydrogens (tertiary/aromatic N) is 3. The number of ether oxygens (including phenoxy) is 2. The second-order valence-corrected chi connectivity index (χ2v) is 9.16. The fourth-order valence-corrected chi connectivity index (χ4v) is 3.37. The molecule has 39 heavy (non-hydrogen) atoms. The van der Waals surface area contributed by atoms with Crippen LogP contribution in [0.3, 0.4) is 0 Å². The van der Waals surface area contributed by atoms with Crippen LogP contribution in [0.25, 0.3) is 0 Å². The number of nitrogens with one attached hydrogen (secondary N) is 5. The maximum atomic E-state index is 13.0. The molecule has 0 saturated carbocycles. The smallest absolute Gasteiger partial charge is 0.243 e. The summed E-state index contributed by atoms with van der Waals surface area (Å²) in [6, 6.07) is -1.98. The van der Waals surface area contributed by atoms with Gasteiger partial charge < -0.3 is 41.8 Å². The molecular formula is C24H45N9O6. The molecule has 1 aromatic heterocycles. The maximum Gasteiger partial charge on any atom is 0.243 e. The SMILES string of the molecule is [3H]c1cn(CCOCCOCCNC(=O)[C@@H](CC(C)C)NC(=O)[C@H](CC(=O)NCCNCCN)NC(C)=O)nn1. The van der Waals surface area contributed by atoms with Crippen LogP contribution in [0.15, 0.2) is 12.4 Å². The fourth-order valence-electron chi connectivity index (χ4n) is 3.37. The van der Waals surface area contributed by atoms with Gasteiger partial charge >= 0.3 is 0 Å². The summed E-state index contributed by atoms with van der Waals surface area (Å²) in [5.74, 6) is -1.79. The number of hydrogen-bond acceptors (Lipinski definition) is 10. The third-order valence-electron chi connectivity index (χ3n) is 5.18. The summed E-state index contributed by atoms with van der Waals surface area (Å²) < 4.78 is 19.7. The predicted molar refractivity (Wildman–Crippen MR) is 143 cm³/mol. The Balaban J connectivity index is 2.42. The van der Waals surface area contributed by atoms with E-state index in [0.717, 1.165) is 0 Å². The first-order chi connectivity index (χ1) is 19.1. The van der Waals surface area contributed by atoms with Gasteiger partial charge in [0.15, 0.2) is 0 Å². The van der Waals surface area contributed by atoms with E-state index in [0.29, 0.717) is 59.0 Å². The Hall–Kier alpha value is -3.14. The molecule has 15 nitrogen and oxygen atoms in total. The highest BCUT2D eigenvalue weighted by atomic mass is 16.5. The van der Waals surface area contributed by atoms with Crippen molar-refractivity contribution in [2.45, 2.75) is 52.2 Å². The topological polar surface area (TPSA) is 204 Å². The molecule has 0 spiro atoms. The van der Waals surface area contributed by atoms with Gasteiger partial charge in [0, 0.05) is 45.8 Å². The number of carbonyl (C=O) groups excluding carboxylic acids is 4. The molecule has 0 saturated heterocycles. The van der Waals surface area contributed by atoms with Crippen molar-refractivity contribution in [1.82, 2.24) is 41.6 Å². The van der Waals surface area contributed by atoms with Gasteiger partial charge in [-0.15, -0.1) is 5.10 Å². The number of hydrogen-bond donors (Lipinski definition) is 6. The third kappa shape index (κ3) is 17.1. The number of amides is 4. The van der Waals surface area contributed by atoms with Crippen LogP contribution in [-0.2, 0) is 35.2 Å².